The summed E-state index contributed by atoms with van der Waals surface area (Å²) in [6.45, 7) is 14.5. The Labute approximate surface area is 398 Å². The van der Waals surface area contributed by atoms with Crippen LogP contribution in [0.2, 0.25) is 0 Å². The van der Waals surface area contributed by atoms with Crippen LogP contribution in [0.5, 0.6) is 0 Å². The predicted molar refractivity (Wildman–Crippen MR) is 236 cm³/mol. The van der Waals surface area contributed by atoms with Crippen molar-refractivity contribution >= 4 is 0 Å². The predicted octanol–water partition coefficient (Wildman–Crippen LogP) is -0.559. The quantitative estimate of drug-likeness (QED) is 0.0449. The zero-order chi connectivity index (χ0) is 50.3. The molecule has 13 N–H and O–H groups in total. The molecule has 0 aromatic carbocycles. The summed E-state index contributed by atoms with van der Waals surface area (Å²) >= 11 is 0. The van der Waals surface area contributed by atoms with E-state index in [-0.39, 0.29) is 40.9 Å². The third-order valence-electron chi connectivity index (χ3n) is 18.9. The lowest BCUT2D eigenvalue weighted by molar-refractivity contribution is -0.378. The highest BCUT2D eigenvalue weighted by atomic mass is 17.1. The lowest BCUT2D eigenvalue weighted by atomic mass is 9.35. The highest BCUT2D eigenvalue weighted by Crippen LogP contribution is 2.76. The van der Waals surface area contributed by atoms with E-state index in [1.165, 1.54) is 0 Å². The number of ether oxygens (including phenoxy) is 6. The minimum atomic E-state index is -1.81. The van der Waals surface area contributed by atoms with Gasteiger partial charge in [-0.1, -0.05) is 46.8 Å². The van der Waals surface area contributed by atoms with Crippen molar-refractivity contribution in [1.29, 1.82) is 0 Å². The van der Waals surface area contributed by atoms with E-state index in [9.17, 15) is 66.5 Å². The summed E-state index contributed by atoms with van der Waals surface area (Å²) in [5, 5.41) is 139. The summed E-state index contributed by atoms with van der Waals surface area (Å²) in [7, 11) is 0. The Balaban J connectivity index is 1.14. The highest BCUT2D eigenvalue weighted by Gasteiger charge is 2.72. The maximum absolute atomic E-state index is 12.7. The Morgan fingerprint density at radius 1 is 0.588 bits per heavy atom. The summed E-state index contributed by atoms with van der Waals surface area (Å²) in [5.74, 6) is -0.483. The molecule has 4 saturated carbocycles. The lowest BCUT2D eigenvalue weighted by Gasteiger charge is -2.71. The van der Waals surface area contributed by atoms with E-state index in [0.717, 1.165) is 19.3 Å². The molecule has 0 aromatic heterocycles. The first kappa shape index (κ1) is 54.7. The summed E-state index contributed by atoms with van der Waals surface area (Å²) in [6.07, 6.45) is -16.0. The lowest BCUT2D eigenvalue weighted by Crippen LogP contribution is -2.68. The van der Waals surface area contributed by atoms with Gasteiger partial charge in [0.1, 0.15) is 78.8 Å². The molecule has 20 nitrogen and oxygen atoms in total. The first-order chi connectivity index (χ1) is 31.7. The van der Waals surface area contributed by atoms with Crippen LogP contribution in [-0.4, -0.2) is 202 Å². The molecule has 394 valence electrons. The van der Waals surface area contributed by atoms with Crippen LogP contribution in [-0.2, 0) is 33.3 Å². The molecule has 25 atom stereocenters. The van der Waals surface area contributed by atoms with Crippen molar-refractivity contribution in [2.24, 2.45) is 45.3 Å². The van der Waals surface area contributed by atoms with Gasteiger partial charge in [0.05, 0.1) is 37.6 Å². The van der Waals surface area contributed by atoms with Gasteiger partial charge in [0, 0.05) is 0 Å². The molecule has 4 aliphatic carbocycles. The summed E-state index contributed by atoms with van der Waals surface area (Å²) in [6, 6.07) is 0. The molecule has 3 saturated heterocycles. The molecule has 7 rings (SSSR count). The van der Waals surface area contributed by atoms with Gasteiger partial charge in [0.15, 0.2) is 18.9 Å². The van der Waals surface area contributed by atoms with Gasteiger partial charge in [0.25, 0.3) is 0 Å². The molecular formula is C48H82O20. The van der Waals surface area contributed by atoms with Crippen molar-refractivity contribution in [2.75, 3.05) is 19.8 Å². The molecule has 0 amide bonds. The first-order valence-corrected chi connectivity index (χ1v) is 24.6. The van der Waals surface area contributed by atoms with Crippen molar-refractivity contribution in [1.82, 2.24) is 0 Å². The monoisotopic (exact) mass is 979 g/mol. The molecule has 7 aliphatic rings. The largest absolute Gasteiger partial charge is 0.394 e. The van der Waals surface area contributed by atoms with Gasteiger partial charge in [-0.15, -0.1) is 0 Å². The minimum Gasteiger partial charge on any atom is -0.394 e. The fraction of sp³-hybridized carbons (Fsp3) is 0.958. The van der Waals surface area contributed by atoms with Gasteiger partial charge in [-0.3, -0.25) is 5.26 Å². The molecule has 0 aromatic rings. The van der Waals surface area contributed by atoms with E-state index in [4.69, 9.17) is 28.4 Å². The average molecular weight is 979 g/mol. The number of hydrogen-bond donors (Lipinski definition) is 13. The summed E-state index contributed by atoms with van der Waals surface area (Å²) in [5.41, 5.74) is -3.73. The second kappa shape index (κ2) is 20.0. The van der Waals surface area contributed by atoms with E-state index in [2.05, 4.69) is 39.5 Å². The maximum Gasteiger partial charge on any atom is 0.187 e. The number of aliphatic hydroxyl groups excluding tert-OH is 12. The molecule has 7 fully saturated rings. The molecule has 0 spiro atoms. The van der Waals surface area contributed by atoms with Crippen molar-refractivity contribution < 1.29 is 99.8 Å². The molecule has 0 radical (unpaired) electrons. The van der Waals surface area contributed by atoms with Gasteiger partial charge in [-0.2, -0.15) is 0 Å². The van der Waals surface area contributed by atoms with Gasteiger partial charge in [-0.05, 0) is 117 Å². The van der Waals surface area contributed by atoms with Crippen molar-refractivity contribution in [3.63, 3.8) is 0 Å². The van der Waals surface area contributed by atoms with Crippen LogP contribution in [0.15, 0.2) is 12.2 Å². The van der Waals surface area contributed by atoms with Crippen molar-refractivity contribution in [3.05, 3.63) is 12.2 Å². The SMILES string of the molecule is CC(C)(/C=C/CC(C)(OC1OC(CO)C(O)C(O)C1O)C1CCC2(C)C1C(O)CC1C3(C)CCC(OC4OC(CO)C(O)C(O)C4OC4OC(CO)C(O)C(O)C4O)C(C)(C)C3CCC12C)OO. The Morgan fingerprint density at radius 2 is 1.12 bits per heavy atom. The van der Waals surface area contributed by atoms with E-state index in [0.29, 0.717) is 25.7 Å². The zero-order valence-corrected chi connectivity index (χ0v) is 40.7. The molecule has 0 bridgehead atoms. The summed E-state index contributed by atoms with van der Waals surface area (Å²) in [4.78, 5) is 4.67. The zero-order valence-electron chi connectivity index (χ0n) is 40.7. The number of hydrogen-bond acceptors (Lipinski definition) is 20. The molecular weight excluding hydrogens is 897 g/mol. The Bertz CT molecular complexity index is 1730. The number of rotatable bonds is 14. The fourth-order valence-electron chi connectivity index (χ4n) is 14.8. The summed E-state index contributed by atoms with van der Waals surface area (Å²) < 4.78 is 37.1. The van der Waals surface area contributed by atoms with Crippen LogP contribution < -0.4 is 0 Å². The maximum atomic E-state index is 12.7. The van der Waals surface area contributed by atoms with Gasteiger partial charge >= 0.3 is 0 Å². The highest BCUT2D eigenvalue weighted by molar-refractivity contribution is 5.21. The Morgan fingerprint density at radius 3 is 1.69 bits per heavy atom. The molecule has 68 heavy (non-hydrogen) atoms. The fourth-order valence-corrected chi connectivity index (χ4v) is 14.8. The van der Waals surface area contributed by atoms with Crippen LogP contribution in [0.25, 0.3) is 0 Å². The average Bonchev–Trinajstić information content (AvgIpc) is 3.68. The van der Waals surface area contributed by atoms with Gasteiger partial charge in [0.2, 0.25) is 0 Å². The minimum absolute atomic E-state index is 0.0490. The number of fused-ring (bicyclic) bond motifs is 5. The third-order valence-corrected chi connectivity index (χ3v) is 18.9. The number of aliphatic hydroxyl groups is 12. The van der Waals surface area contributed by atoms with Crippen molar-refractivity contribution in [3.8, 4) is 0 Å². The van der Waals surface area contributed by atoms with Gasteiger partial charge < -0.3 is 89.7 Å². The Kier molecular flexibility index (Phi) is 16.1. The molecule has 3 aliphatic heterocycles. The van der Waals surface area contributed by atoms with E-state index < -0.39 is 146 Å². The first-order valence-electron chi connectivity index (χ1n) is 24.6. The van der Waals surface area contributed by atoms with Crippen LogP contribution >= 0.6 is 0 Å². The van der Waals surface area contributed by atoms with Crippen molar-refractivity contribution in [2.45, 2.75) is 222 Å². The third kappa shape index (κ3) is 9.19. The second-order valence-electron chi connectivity index (χ2n) is 23.4. The Hall–Kier alpha value is -1.06. The molecule has 20 heteroatoms. The van der Waals surface area contributed by atoms with E-state index >= 15 is 0 Å². The van der Waals surface area contributed by atoms with Crippen LogP contribution in [0.3, 0.4) is 0 Å². The normalized spacial score (nSPS) is 51.7. The second-order valence-corrected chi connectivity index (χ2v) is 23.4. The van der Waals surface area contributed by atoms with Crippen LogP contribution in [0, 0.1) is 45.3 Å². The van der Waals surface area contributed by atoms with Gasteiger partial charge in [-0.25, -0.2) is 4.89 Å². The van der Waals surface area contributed by atoms with Crippen LogP contribution in [0.4, 0.5) is 0 Å². The standard InChI is InChI=1S/C48H82O20/c1-43(2,68-61)13-9-14-48(8,67-41-38(60)35(57)32(54)25(20-50)63-41)22-10-16-47(7)30(22)23(52)18-28-45(5)15-12-29(44(3,4)27(45)11-17-46(28,47)6)65-42-39(36(58)33(55)26(21-51)64-42)66-40-37(59)34(56)31(53)24(19-49)62-40/h9,13,22-42,49-61H,10-12,14-21H2,1-8H3/b13-9+. The molecule has 3 heterocycles. The smallest absolute Gasteiger partial charge is 0.187 e. The van der Waals surface area contributed by atoms with E-state index in [1.807, 2.05) is 13.0 Å². The topological polar surface area (TPSA) is 328 Å². The van der Waals surface area contributed by atoms with Crippen LogP contribution in [0.1, 0.15) is 107 Å². The van der Waals surface area contributed by atoms with E-state index in [1.54, 1.807) is 19.9 Å². The molecule has 25 unspecified atom stereocenters.